The molecule has 0 aliphatic rings. The number of aromatic nitrogens is 2. The highest BCUT2D eigenvalue weighted by molar-refractivity contribution is 5.67. The normalized spacial score (nSPS) is 13.6. The Kier molecular flexibility index (Phi) is 2.92. The maximum atomic E-state index is 5.98. The van der Waals surface area contributed by atoms with E-state index in [2.05, 4.69) is 23.8 Å². The summed E-state index contributed by atoms with van der Waals surface area (Å²) in [5.41, 5.74) is 8.33. The van der Waals surface area contributed by atoms with Gasteiger partial charge in [-0.25, -0.2) is 4.98 Å². The lowest BCUT2D eigenvalue weighted by Crippen LogP contribution is -2.28. The topological polar surface area (TPSA) is 64.9 Å². The number of oxazole rings is 1. The molecule has 2 aromatic heterocycles. The van der Waals surface area contributed by atoms with Crippen molar-refractivity contribution in [1.82, 2.24) is 9.97 Å². The molecule has 0 aliphatic carbocycles. The van der Waals surface area contributed by atoms with Gasteiger partial charge >= 0.3 is 0 Å². The van der Waals surface area contributed by atoms with Crippen LogP contribution in [0.3, 0.4) is 0 Å². The van der Waals surface area contributed by atoms with Crippen LogP contribution in [0.25, 0.3) is 11.2 Å². The summed E-state index contributed by atoms with van der Waals surface area (Å²) < 4.78 is 5.59. The molecular weight excluding hydrogens is 202 g/mol. The quantitative estimate of drug-likeness (QED) is 0.858. The zero-order valence-corrected chi connectivity index (χ0v) is 9.90. The summed E-state index contributed by atoms with van der Waals surface area (Å²) in [5, 5.41) is 0. The second kappa shape index (κ2) is 4.22. The average molecular weight is 219 g/mol. The van der Waals surface area contributed by atoms with Crippen LogP contribution in [0.4, 0.5) is 0 Å². The number of nitrogens with zero attached hydrogens (tertiary/aromatic N) is 2. The van der Waals surface area contributed by atoms with Gasteiger partial charge in [-0.2, -0.15) is 4.98 Å². The van der Waals surface area contributed by atoms with Gasteiger partial charge in [0.15, 0.2) is 17.1 Å². The third kappa shape index (κ3) is 2.22. The predicted molar refractivity (Wildman–Crippen MR) is 63.1 cm³/mol. The number of hydrogen-bond donors (Lipinski definition) is 1. The van der Waals surface area contributed by atoms with Crippen molar-refractivity contribution in [3.8, 4) is 0 Å². The number of nitrogens with two attached hydrogens (primary N) is 1. The first kappa shape index (κ1) is 11.1. The first-order valence-electron chi connectivity index (χ1n) is 5.55. The van der Waals surface area contributed by atoms with Crippen LogP contribution < -0.4 is 5.73 Å². The molecule has 0 fully saturated rings. The van der Waals surface area contributed by atoms with Crippen LogP contribution in [-0.2, 0) is 6.42 Å². The molecule has 2 aromatic rings. The van der Waals surface area contributed by atoms with E-state index in [0.29, 0.717) is 23.9 Å². The largest absolute Gasteiger partial charge is 0.439 e. The molecule has 0 spiro atoms. The third-order valence-electron chi connectivity index (χ3n) is 2.70. The fraction of sp³-hybridized carbons (Fsp3) is 0.500. The van der Waals surface area contributed by atoms with Crippen LogP contribution in [-0.4, -0.2) is 16.0 Å². The Balaban J connectivity index is 2.26. The summed E-state index contributed by atoms with van der Waals surface area (Å²) in [4.78, 5) is 8.64. The fourth-order valence-corrected chi connectivity index (χ4v) is 1.48. The Morgan fingerprint density at radius 1 is 1.31 bits per heavy atom. The molecule has 4 heteroatoms. The minimum atomic E-state index is 0.0779. The molecule has 16 heavy (non-hydrogen) atoms. The number of aryl methyl sites for hydroxylation is 1. The predicted octanol–water partition coefficient (Wildman–Crippen LogP) is 2.06. The van der Waals surface area contributed by atoms with Gasteiger partial charge in [-0.15, -0.1) is 0 Å². The molecule has 2 heterocycles. The standard InChI is InChI=1S/C12H17N3O/c1-7(2)9(13)6-11-15-12-10(16-11)5-4-8(3)14-12/h4-5,7,9H,6,13H2,1-3H3. The van der Waals surface area contributed by atoms with Gasteiger partial charge in [0, 0.05) is 18.2 Å². The van der Waals surface area contributed by atoms with Crippen molar-refractivity contribution in [2.75, 3.05) is 0 Å². The molecular formula is C12H17N3O. The molecule has 0 aliphatic heterocycles. The molecule has 0 radical (unpaired) electrons. The summed E-state index contributed by atoms with van der Waals surface area (Å²) in [5.74, 6) is 1.10. The Morgan fingerprint density at radius 3 is 2.75 bits per heavy atom. The van der Waals surface area contributed by atoms with Crippen molar-refractivity contribution in [3.63, 3.8) is 0 Å². The van der Waals surface area contributed by atoms with Gasteiger partial charge in [-0.3, -0.25) is 0 Å². The molecule has 0 saturated carbocycles. The van der Waals surface area contributed by atoms with Crippen molar-refractivity contribution >= 4 is 11.2 Å². The van der Waals surface area contributed by atoms with E-state index in [1.54, 1.807) is 0 Å². The van der Waals surface area contributed by atoms with Crippen molar-refractivity contribution < 1.29 is 4.42 Å². The van der Waals surface area contributed by atoms with E-state index in [4.69, 9.17) is 10.2 Å². The van der Waals surface area contributed by atoms with Crippen molar-refractivity contribution in [1.29, 1.82) is 0 Å². The second-order valence-corrected chi connectivity index (χ2v) is 4.49. The third-order valence-corrected chi connectivity index (χ3v) is 2.70. The number of fused-ring (bicyclic) bond motifs is 1. The molecule has 4 nitrogen and oxygen atoms in total. The van der Waals surface area contributed by atoms with E-state index in [1.165, 1.54) is 0 Å². The zero-order chi connectivity index (χ0) is 11.7. The molecule has 0 amide bonds. The summed E-state index contributed by atoms with van der Waals surface area (Å²) in [6.45, 7) is 6.12. The van der Waals surface area contributed by atoms with Gasteiger partial charge in [-0.05, 0) is 25.0 Å². The van der Waals surface area contributed by atoms with E-state index >= 15 is 0 Å². The lowest BCUT2D eigenvalue weighted by Gasteiger charge is -2.12. The molecule has 0 bridgehead atoms. The van der Waals surface area contributed by atoms with E-state index in [-0.39, 0.29) is 6.04 Å². The smallest absolute Gasteiger partial charge is 0.199 e. The molecule has 0 aromatic carbocycles. The maximum Gasteiger partial charge on any atom is 0.199 e. The minimum Gasteiger partial charge on any atom is -0.439 e. The minimum absolute atomic E-state index is 0.0779. The summed E-state index contributed by atoms with van der Waals surface area (Å²) in [7, 11) is 0. The van der Waals surface area contributed by atoms with Crippen LogP contribution in [0.5, 0.6) is 0 Å². The van der Waals surface area contributed by atoms with Crippen LogP contribution in [0.15, 0.2) is 16.5 Å². The fourth-order valence-electron chi connectivity index (χ4n) is 1.48. The number of hydrogen-bond acceptors (Lipinski definition) is 4. The van der Waals surface area contributed by atoms with Gasteiger partial charge in [-0.1, -0.05) is 13.8 Å². The lowest BCUT2D eigenvalue weighted by molar-refractivity contribution is 0.433. The highest BCUT2D eigenvalue weighted by Crippen LogP contribution is 2.16. The van der Waals surface area contributed by atoms with Crippen LogP contribution in [0.1, 0.15) is 25.4 Å². The van der Waals surface area contributed by atoms with E-state index < -0.39 is 0 Å². The van der Waals surface area contributed by atoms with E-state index in [1.807, 2.05) is 19.1 Å². The van der Waals surface area contributed by atoms with Gasteiger partial charge in [0.1, 0.15) is 0 Å². The highest BCUT2D eigenvalue weighted by atomic mass is 16.3. The first-order chi connectivity index (χ1) is 7.56. The number of pyridine rings is 1. The monoisotopic (exact) mass is 219 g/mol. The van der Waals surface area contributed by atoms with Gasteiger partial charge in [0.05, 0.1) is 0 Å². The van der Waals surface area contributed by atoms with Gasteiger partial charge in [0.2, 0.25) is 0 Å². The molecule has 1 unspecified atom stereocenters. The summed E-state index contributed by atoms with van der Waals surface area (Å²) in [6.07, 6.45) is 0.660. The first-order valence-corrected chi connectivity index (χ1v) is 5.55. The van der Waals surface area contributed by atoms with Crippen molar-refractivity contribution in [2.24, 2.45) is 11.7 Å². The molecule has 86 valence electrons. The Morgan fingerprint density at radius 2 is 2.06 bits per heavy atom. The summed E-state index contributed by atoms with van der Waals surface area (Å²) in [6, 6.07) is 3.89. The Labute approximate surface area is 94.9 Å². The average Bonchev–Trinajstić information content (AvgIpc) is 2.58. The van der Waals surface area contributed by atoms with Crippen molar-refractivity contribution in [2.45, 2.75) is 33.2 Å². The second-order valence-electron chi connectivity index (χ2n) is 4.49. The molecule has 0 saturated heterocycles. The van der Waals surface area contributed by atoms with Crippen molar-refractivity contribution in [3.05, 3.63) is 23.7 Å². The Bertz CT molecular complexity index is 490. The lowest BCUT2D eigenvalue weighted by atomic mass is 10.0. The van der Waals surface area contributed by atoms with E-state index in [9.17, 15) is 0 Å². The van der Waals surface area contributed by atoms with Gasteiger partial charge in [0.25, 0.3) is 0 Å². The molecule has 2 N–H and O–H groups in total. The summed E-state index contributed by atoms with van der Waals surface area (Å²) >= 11 is 0. The van der Waals surface area contributed by atoms with Gasteiger partial charge < -0.3 is 10.2 Å². The van der Waals surface area contributed by atoms with Crippen LogP contribution >= 0.6 is 0 Å². The maximum absolute atomic E-state index is 5.98. The van der Waals surface area contributed by atoms with Crippen LogP contribution in [0.2, 0.25) is 0 Å². The molecule has 1 atom stereocenters. The SMILES string of the molecule is Cc1ccc2oc(CC(N)C(C)C)nc2n1. The van der Waals surface area contributed by atoms with Crippen LogP contribution in [0, 0.1) is 12.8 Å². The Hall–Kier alpha value is -1.42. The zero-order valence-electron chi connectivity index (χ0n) is 9.90. The number of rotatable bonds is 3. The highest BCUT2D eigenvalue weighted by Gasteiger charge is 2.13. The molecule has 2 rings (SSSR count). The van der Waals surface area contributed by atoms with E-state index in [0.717, 1.165) is 11.3 Å².